The predicted molar refractivity (Wildman–Crippen MR) is 57.6 cm³/mol. The van der Waals surface area contributed by atoms with E-state index in [1.54, 1.807) is 0 Å². The lowest BCUT2D eigenvalue weighted by Crippen LogP contribution is -2.33. The summed E-state index contributed by atoms with van der Waals surface area (Å²) in [5.74, 6) is 0.437. The molecule has 0 aliphatic carbocycles. The summed E-state index contributed by atoms with van der Waals surface area (Å²) in [4.78, 5) is 13.4. The van der Waals surface area contributed by atoms with Crippen molar-refractivity contribution in [3.05, 3.63) is 0 Å². The van der Waals surface area contributed by atoms with E-state index in [9.17, 15) is 4.79 Å². The van der Waals surface area contributed by atoms with Crippen LogP contribution in [0.2, 0.25) is 0 Å². The topological polar surface area (TPSA) is 38.8 Å². The van der Waals surface area contributed by atoms with Crippen molar-refractivity contribution in [3.8, 4) is 0 Å². The molecule has 88 valence electrons. The molecule has 0 aromatic heterocycles. The van der Waals surface area contributed by atoms with Crippen LogP contribution in [0.3, 0.4) is 0 Å². The highest BCUT2D eigenvalue weighted by Gasteiger charge is 2.20. The van der Waals surface area contributed by atoms with Gasteiger partial charge in [-0.25, -0.2) is 0 Å². The first kappa shape index (κ1) is 12.5. The standard InChI is InChI=1S/C11H21NO3/c1-9(11(13)14-3)6-12(2)7-10-4-5-15-8-10/h9-10H,4-8H2,1-3H3. The molecule has 0 aromatic rings. The lowest BCUT2D eigenvalue weighted by molar-refractivity contribution is -0.145. The minimum Gasteiger partial charge on any atom is -0.469 e. The normalized spacial score (nSPS) is 23.1. The fourth-order valence-corrected chi connectivity index (χ4v) is 1.99. The average Bonchev–Trinajstić information content (AvgIpc) is 2.68. The molecular weight excluding hydrogens is 194 g/mol. The average molecular weight is 215 g/mol. The van der Waals surface area contributed by atoms with Crippen LogP contribution in [0.1, 0.15) is 13.3 Å². The van der Waals surface area contributed by atoms with Crippen LogP contribution in [0.4, 0.5) is 0 Å². The number of esters is 1. The maximum Gasteiger partial charge on any atom is 0.309 e. The van der Waals surface area contributed by atoms with Crippen molar-refractivity contribution < 1.29 is 14.3 Å². The van der Waals surface area contributed by atoms with Crippen LogP contribution >= 0.6 is 0 Å². The molecule has 0 amide bonds. The van der Waals surface area contributed by atoms with Crippen LogP contribution in [-0.2, 0) is 14.3 Å². The number of carbonyl (C=O) groups excluding carboxylic acids is 1. The van der Waals surface area contributed by atoms with Crippen LogP contribution in [0.25, 0.3) is 0 Å². The molecule has 4 heteroatoms. The Bertz CT molecular complexity index is 202. The second-order valence-corrected chi connectivity index (χ2v) is 4.38. The molecule has 0 aromatic carbocycles. The zero-order valence-electron chi connectivity index (χ0n) is 9.86. The molecule has 0 spiro atoms. The molecule has 1 saturated heterocycles. The van der Waals surface area contributed by atoms with E-state index in [1.165, 1.54) is 7.11 Å². The van der Waals surface area contributed by atoms with Gasteiger partial charge in [-0.3, -0.25) is 4.79 Å². The summed E-state index contributed by atoms with van der Waals surface area (Å²) in [7, 11) is 3.47. The SMILES string of the molecule is COC(=O)C(C)CN(C)CC1CCOC1. The van der Waals surface area contributed by atoms with Crippen molar-refractivity contribution in [2.75, 3.05) is 40.5 Å². The highest BCUT2D eigenvalue weighted by Crippen LogP contribution is 2.14. The molecule has 1 fully saturated rings. The van der Waals surface area contributed by atoms with Crippen molar-refractivity contribution in [1.82, 2.24) is 4.90 Å². The van der Waals surface area contributed by atoms with E-state index in [-0.39, 0.29) is 11.9 Å². The van der Waals surface area contributed by atoms with E-state index in [2.05, 4.69) is 4.90 Å². The second kappa shape index (κ2) is 6.08. The fourth-order valence-electron chi connectivity index (χ4n) is 1.99. The summed E-state index contributed by atoms with van der Waals surface area (Å²) >= 11 is 0. The summed E-state index contributed by atoms with van der Waals surface area (Å²) < 4.78 is 10.0. The molecule has 15 heavy (non-hydrogen) atoms. The third kappa shape index (κ3) is 4.18. The van der Waals surface area contributed by atoms with Gasteiger partial charge in [-0.05, 0) is 19.4 Å². The van der Waals surface area contributed by atoms with Crippen molar-refractivity contribution >= 4 is 5.97 Å². The van der Waals surface area contributed by atoms with Gasteiger partial charge in [0.25, 0.3) is 0 Å². The van der Waals surface area contributed by atoms with Gasteiger partial charge in [0.05, 0.1) is 19.6 Å². The molecule has 1 rings (SSSR count). The molecule has 0 saturated carbocycles. The van der Waals surface area contributed by atoms with Crippen molar-refractivity contribution in [2.24, 2.45) is 11.8 Å². The summed E-state index contributed by atoms with van der Waals surface area (Å²) in [5, 5.41) is 0. The molecule has 0 bridgehead atoms. The van der Waals surface area contributed by atoms with E-state index < -0.39 is 0 Å². The fraction of sp³-hybridized carbons (Fsp3) is 0.909. The first-order valence-corrected chi connectivity index (χ1v) is 5.47. The van der Waals surface area contributed by atoms with Crippen LogP contribution in [0.5, 0.6) is 0 Å². The van der Waals surface area contributed by atoms with E-state index in [4.69, 9.17) is 9.47 Å². The van der Waals surface area contributed by atoms with Crippen LogP contribution in [0.15, 0.2) is 0 Å². The van der Waals surface area contributed by atoms with Gasteiger partial charge in [0.1, 0.15) is 0 Å². The Balaban J connectivity index is 2.22. The minimum atomic E-state index is -0.135. The summed E-state index contributed by atoms with van der Waals surface area (Å²) in [5.41, 5.74) is 0. The van der Waals surface area contributed by atoms with Gasteiger partial charge in [-0.2, -0.15) is 0 Å². The van der Waals surface area contributed by atoms with Crippen LogP contribution < -0.4 is 0 Å². The number of hydrogen-bond acceptors (Lipinski definition) is 4. The maximum atomic E-state index is 11.2. The number of carbonyl (C=O) groups is 1. The Kier molecular flexibility index (Phi) is 5.05. The zero-order valence-corrected chi connectivity index (χ0v) is 9.86. The Hall–Kier alpha value is -0.610. The first-order valence-electron chi connectivity index (χ1n) is 5.47. The largest absolute Gasteiger partial charge is 0.469 e. The maximum absolute atomic E-state index is 11.2. The predicted octanol–water partition coefficient (Wildman–Crippen LogP) is 0.764. The Morgan fingerprint density at radius 2 is 2.40 bits per heavy atom. The summed E-state index contributed by atoms with van der Waals surface area (Å²) in [6, 6.07) is 0. The van der Waals surface area contributed by atoms with Crippen LogP contribution in [-0.4, -0.2) is 51.3 Å². The second-order valence-electron chi connectivity index (χ2n) is 4.38. The molecule has 4 nitrogen and oxygen atoms in total. The highest BCUT2D eigenvalue weighted by atomic mass is 16.5. The van der Waals surface area contributed by atoms with Gasteiger partial charge in [-0.15, -0.1) is 0 Å². The van der Waals surface area contributed by atoms with E-state index in [0.29, 0.717) is 5.92 Å². The van der Waals surface area contributed by atoms with E-state index in [0.717, 1.165) is 32.7 Å². The molecule has 1 heterocycles. The van der Waals surface area contributed by atoms with E-state index >= 15 is 0 Å². The Morgan fingerprint density at radius 3 is 2.93 bits per heavy atom. The van der Waals surface area contributed by atoms with Crippen molar-refractivity contribution in [3.63, 3.8) is 0 Å². The molecule has 2 unspecified atom stereocenters. The third-order valence-electron chi connectivity index (χ3n) is 2.78. The number of ether oxygens (including phenoxy) is 2. The third-order valence-corrected chi connectivity index (χ3v) is 2.78. The van der Waals surface area contributed by atoms with Gasteiger partial charge >= 0.3 is 5.97 Å². The van der Waals surface area contributed by atoms with Gasteiger partial charge in [0, 0.05) is 19.7 Å². The first-order chi connectivity index (χ1) is 7.13. The highest BCUT2D eigenvalue weighted by molar-refractivity contribution is 5.71. The smallest absolute Gasteiger partial charge is 0.309 e. The number of hydrogen-bond donors (Lipinski definition) is 0. The molecule has 0 radical (unpaired) electrons. The van der Waals surface area contributed by atoms with Crippen LogP contribution in [0, 0.1) is 11.8 Å². The molecule has 2 atom stereocenters. The van der Waals surface area contributed by atoms with Gasteiger partial charge in [-0.1, -0.05) is 6.92 Å². The number of rotatable bonds is 5. The molecule has 0 N–H and O–H groups in total. The lowest BCUT2D eigenvalue weighted by atomic mass is 10.1. The van der Waals surface area contributed by atoms with Gasteiger partial charge in [0.2, 0.25) is 0 Å². The number of nitrogens with zero attached hydrogens (tertiary/aromatic N) is 1. The number of methoxy groups -OCH3 is 1. The van der Waals surface area contributed by atoms with Crippen molar-refractivity contribution in [1.29, 1.82) is 0 Å². The van der Waals surface area contributed by atoms with Gasteiger partial charge in [0.15, 0.2) is 0 Å². The molecule has 1 aliphatic rings. The Morgan fingerprint density at radius 1 is 1.67 bits per heavy atom. The summed E-state index contributed by atoms with van der Waals surface area (Å²) in [6.07, 6.45) is 1.14. The zero-order chi connectivity index (χ0) is 11.3. The summed E-state index contributed by atoms with van der Waals surface area (Å²) in [6.45, 7) is 5.39. The minimum absolute atomic E-state index is 0.0534. The Labute approximate surface area is 91.5 Å². The quantitative estimate of drug-likeness (QED) is 0.635. The molecule has 1 aliphatic heterocycles. The van der Waals surface area contributed by atoms with Crippen molar-refractivity contribution in [2.45, 2.75) is 13.3 Å². The monoisotopic (exact) mass is 215 g/mol. The molecular formula is C11H21NO3. The van der Waals surface area contributed by atoms with E-state index in [1.807, 2.05) is 14.0 Å². The van der Waals surface area contributed by atoms with Gasteiger partial charge < -0.3 is 14.4 Å². The lowest BCUT2D eigenvalue weighted by Gasteiger charge is -2.22.